The molecule has 0 bridgehead atoms. The number of morpholine rings is 1. The SMILES string of the molecule is COC(=O)c1ccc(F)c(-c2c(F)cc(N3CCOCC3)cc2F)c1F. The molecule has 0 spiro atoms. The van der Waals surface area contributed by atoms with E-state index in [0.29, 0.717) is 26.3 Å². The number of benzene rings is 2. The van der Waals surface area contributed by atoms with Crippen molar-refractivity contribution in [1.82, 2.24) is 0 Å². The molecule has 0 N–H and O–H groups in total. The first-order chi connectivity index (χ1) is 12.4. The Kier molecular flexibility index (Phi) is 5.13. The molecule has 1 saturated heterocycles. The topological polar surface area (TPSA) is 38.8 Å². The van der Waals surface area contributed by atoms with Crippen molar-refractivity contribution in [2.24, 2.45) is 0 Å². The zero-order chi connectivity index (χ0) is 18.8. The van der Waals surface area contributed by atoms with E-state index in [9.17, 15) is 22.4 Å². The lowest BCUT2D eigenvalue weighted by molar-refractivity contribution is 0.0595. The number of rotatable bonds is 3. The van der Waals surface area contributed by atoms with Crippen molar-refractivity contribution >= 4 is 11.7 Å². The molecular weight excluding hydrogens is 354 g/mol. The Hall–Kier alpha value is -2.61. The van der Waals surface area contributed by atoms with Gasteiger partial charge in [0.2, 0.25) is 0 Å². The highest BCUT2D eigenvalue weighted by Gasteiger charge is 2.26. The highest BCUT2D eigenvalue weighted by molar-refractivity contribution is 5.91. The lowest BCUT2D eigenvalue weighted by Crippen LogP contribution is -2.36. The molecule has 0 saturated carbocycles. The van der Waals surface area contributed by atoms with Crippen LogP contribution >= 0.6 is 0 Å². The molecule has 0 aromatic heterocycles. The van der Waals surface area contributed by atoms with Crippen LogP contribution in [0.3, 0.4) is 0 Å². The number of anilines is 1. The minimum atomic E-state index is -1.38. The molecule has 1 heterocycles. The lowest BCUT2D eigenvalue weighted by Gasteiger charge is -2.29. The molecule has 26 heavy (non-hydrogen) atoms. The van der Waals surface area contributed by atoms with E-state index in [1.54, 1.807) is 4.90 Å². The Balaban J connectivity index is 2.11. The lowest BCUT2D eigenvalue weighted by atomic mass is 9.99. The number of methoxy groups -OCH3 is 1. The molecule has 1 aliphatic heterocycles. The molecule has 138 valence electrons. The molecule has 0 radical (unpaired) electrons. The molecule has 1 aliphatic rings. The van der Waals surface area contributed by atoms with Crippen LogP contribution in [-0.4, -0.2) is 39.4 Å². The first kappa shape index (κ1) is 18.2. The summed E-state index contributed by atoms with van der Waals surface area (Å²) in [7, 11) is 1.02. The maximum atomic E-state index is 14.6. The van der Waals surface area contributed by atoms with Gasteiger partial charge in [-0.15, -0.1) is 0 Å². The van der Waals surface area contributed by atoms with Crippen molar-refractivity contribution < 1.29 is 31.8 Å². The van der Waals surface area contributed by atoms with Crippen molar-refractivity contribution in [3.8, 4) is 11.1 Å². The second kappa shape index (κ2) is 7.33. The van der Waals surface area contributed by atoms with Gasteiger partial charge >= 0.3 is 5.97 Å². The summed E-state index contributed by atoms with van der Waals surface area (Å²) >= 11 is 0. The van der Waals surface area contributed by atoms with Crippen LogP contribution in [0.4, 0.5) is 23.2 Å². The third kappa shape index (κ3) is 3.24. The van der Waals surface area contributed by atoms with Gasteiger partial charge in [-0.3, -0.25) is 0 Å². The highest BCUT2D eigenvalue weighted by atomic mass is 19.1. The first-order valence-electron chi connectivity index (χ1n) is 7.82. The average Bonchev–Trinajstić information content (AvgIpc) is 2.63. The summed E-state index contributed by atoms with van der Waals surface area (Å²) in [5.41, 5.74) is -2.18. The fourth-order valence-corrected chi connectivity index (χ4v) is 2.85. The summed E-state index contributed by atoms with van der Waals surface area (Å²) in [5, 5.41) is 0. The third-order valence-electron chi connectivity index (χ3n) is 4.15. The zero-order valence-corrected chi connectivity index (χ0v) is 13.8. The Morgan fingerprint density at radius 2 is 1.62 bits per heavy atom. The molecule has 0 atom stereocenters. The number of hydrogen-bond donors (Lipinski definition) is 0. The predicted molar refractivity (Wildman–Crippen MR) is 86.1 cm³/mol. The Labute approximate surface area is 146 Å². The smallest absolute Gasteiger partial charge is 0.340 e. The summed E-state index contributed by atoms with van der Waals surface area (Å²) < 4.78 is 67.5. The molecule has 0 amide bonds. The van der Waals surface area contributed by atoms with E-state index in [4.69, 9.17) is 4.74 Å². The number of esters is 1. The molecule has 0 unspecified atom stereocenters. The van der Waals surface area contributed by atoms with E-state index in [1.165, 1.54) is 0 Å². The number of carbonyl (C=O) groups is 1. The van der Waals surface area contributed by atoms with Crippen molar-refractivity contribution in [2.75, 3.05) is 38.3 Å². The number of ether oxygens (including phenoxy) is 2. The van der Waals surface area contributed by atoms with Gasteiger partial charge in [0.25, 0.3) is 0 Å². The van der Waals surface area contributed by atoms with Crippen LogP contribution in [0.1, 0.15) is 10.4 Å². The second-order valence-corrected chi connectivity index (χ2v) is 5.66. The molecule has 1 fully saturated rings. The molecule has 0 aliphatic carbocycles. The second-order valence-electron chi connectivity index (χ2n) is 5.66. The van der Waals surface area contributed by atoms with Crippen molar-refractivity contribution in [3.05, 3.63) is 53.1 Å². The normalized spacial score (nSPS) is 14.4. The third-order valence-corrected chi connectivity index (χ3v) is 4.15. The van der Waals surface area contributed by atoms with Gasteiger partial charge in [0.1, 0.15) is 23.3 Å². The summed E-state index contributed by atoms with van der Waals surface area (Å²) in [6.45, 7) is 1.71. The van der Waals surface area contributed by atoms with Crippen molar-refractivity contribution in [1.29, 1.82) is 0 Å². The predicted octanol–water partition coefficient (Wildman–Crippen LogP) is 3.53. The van der Waals surface area contributed by atoms with Gasteiger partial charge in [-0.25, -0.2) is 22.4 Å². The molecule has 8 heteroatoms. The number of nitrogens with zero attached hydrogens (tertiary/aromatic N) is 1. The van der Waals surface area contributed by atoms with Crippen LogP contribution in [0.2, 0.25) is 0 Å². The van der Waals surface area contributed by atoms with Gasteiger partial charge in [0, 0.05) is 18.8 Å². The van der Waals surface area contributed by atoms with E-state index in [-0.39, 0.29) is 5.69 Å². The molecule has 3 rings (SSSR count). The van der Waals surface area contributed by atoms with Crippen LogP contribution in [0, 0.1) is 23.3 Å². The van der Waals surface area contributed by atoms with E-state index < -0.39 is 45.9 Å². The van der Waals surface area contributed by atoms with Crippen LogP contribution in [0.25, 0.3) is 11.1 Å². The van der Waals surface area contributed by atoms with Crippen LogP contribution in [0.15, 0.2) is 24.3 Å². The largest absolute Gasteiger partial charge is 0.465 e. The fraction of sp³-hybridized carbons (Fsp3) is 0.278. The quantitative estimate of drug-likeness (QED) is 0.613. The molecular formula is C18H15F4NO3. The van der Waals surface area contributed by atoms with E-state index in [0.717, 1.165) is 31.4 Å². The fourth-order valence-electron chi connectivity index (χ4n) is 2.85. The minimum Gasteiger partial charge on any atom is -0.465 e. The van der Waals surface area contributed by atoms with E-state index >= 15 is 0 Å². The summed E-state index contributed by atoms with van der Waals surface area (Å²) in [4.78, 5) is 13.3. The number of carbonyl (C=O) groups excluding carboxylic acids is 1. The van der Waals surface area contributed by atoms with Gasteiger partial charge < -0.3 is 14.4 Å². The highest BCUT2D eigenvalue weighted by Crippen LogP contribution is 2.35. The van der Waals surface area contributed by atoms with E-state index in [2.05, 4.69) is 4.74 Å². The Bertz CT molecular complexity index is 828. The van der Waals surface area contributed by atoms with Crippen LogP contribution in [-0.2, 0) is 9.47 Å². The summed E-state index contributed by atoms with van der Waals surface area (Å²) in [5.74, 6) is -5.91. The Morgan fingerprint density at radius 3 is 2.19 bits per heavy atom. The van der Waals surface area contributed by atoms with Crippen molar-refractivity contribution in [2.45, 2.75) is 0 Å². The Morgan fingerprint density at radius 1 is 1.00 bits per heavy atom. The van der Waals surface area contributed by atoms with Gasteiger partial charge in [0.05, 0.1) is 37.0 Å². The monoisotopic (exact) mass is 369 g/mol. The first-order valence-corrected chi connectivity index (χ1v) is 7.82. The van der Waals surface area contributed by atoms with Gasteiger partial charge in [-0.2, -0.15) is 0 Å². The molecule has 4 nitrogen and oxygen atoms in total. The van der Waals surface area contributed by atoms with E-state index in [1.807, 2.05) is 0 Å². The average molecular weight is 369 g/mol. The maximum Gasteiger partial charge on any atom is 0.340 e. The molecule has 2 aromatic carbocycles. The van der Waals surface area contributed by atoms with Gasteiger partial charge in [-0.1, -0.05) is 0 Å². The summed E-state index contributed by atoms with van der Waals surface area (Å²) in [6.07, 6.45) is 0. The number of hydrogen-bond acceptors (Lipinski definition) is 4. The van der Waals surface area contributed by atoms with Crippen LogP contribution < -0.4 is 4.90 Å². The maximum absolute atomic E-state index is 14.6. The zero-order valence-electron chi connectivity index (χ0n) is 13.8. The summed E-state index contributed by atoms with van der Waals surface area (Å²) in [6, 6.07) is 3.64. The minimum absolute atomic E-state index is 0.247. The van der Waals surface area contributed by atoms with Crippen molar-refractivity contribution in [3.63, 3.8) is 0 Å². The van der Waals surface area contributed by atoms with Gasteiger partial charge in [0.15, 0.2) is 0 Å². The van der Waals surface area contributed by atoms with Crippen LogP contribution in [0.5, 0.6) is 0 Å². The standard InChI is InChI=1S/C18H15F4NO3/c1-25-18(24)11-2-3-12(19)16(17(11)22)15-13(20)8-10(9-14(15)21)23-4-6-26-7-5-23/h2-3,8-9H,4-7H2,1H3. The van der Waals surface area contributed by atoms with Gasteiger partial charge in [-0.05, 0) is 24.3 Å². The molecule has 2 aromatic rings. The number of halogens is 4.